The Bertz CT molecular complexity index is 1240. The maximum Gasteiger partial charge on any atom is 0.250 e. The van der Waals surface area contributed by atoms with Gasteiger partial charge in [0.2, 0.25) is 5.91 Å². The van der Waals surface area contributed by atoms with E-state index in [4.69, 9.17) is 5.73 Å². The van der Waals surface area contributed by atoms with Crippen LogP contribution >= 0.6 is 0 Å². The summed E-state index contributed by atoms with van der Waals surface area (Å²) in [4.78, 5) is 31.8. The molecule has 7 nitrogen and oxygen atoms in total. The van der Waals surface area contributed by atoms with Gasteiger partial charge in [0.25, 0.3) is 5.91 Å². The van der Waals surface area contributed by atoms with Gasteiger partial charge >= 0.3 is 0 Å². The summed E-state index contributed by atoms with van der Waals surface area (Å²) < 4.78 is 0. The zero-order valence-electron chi connectivity index (χ0n) is 16.9. The Morgan fingerprint density at radius 1 is 0.935 bits per heavy atom. The highest BCUT2D eigenvalue weighted by atomic mass is 16.2. The number of nitrogens with two attached hydrogens (primary N) is 1. The molecule has 2 amide bonds. The molecule has 0 aliphatic heterocycles. The number of anilines is 1. The molecule has 0 unspecified atom stereocenters. The molecule has 2 aliphatic carbocycles. The van der Waals surface area contributed by atoms with E-state index < -0.39 is 5.91 Å². The number of nitrogens with zero attached hydrogens (tertiary/aromatic N) is 3. The molecule has 3 aromatic rings. The molecule has 0 radical (unpaired) electrons. The average Bonchev–Trinajstić information content (AvgIpc) is 3.37. The van der Waals surface area contributed by atoms with Gasteiger partial charge in [0.05, 0.1) is 17.6 Å². The maximum absolute atomic E-state index is 11.7. The fourth-order valence-corrected chi connectivity index (χ4v) is 3.29. The summed E-state index contributed by atoms with van der Waals surface area (Å²) in [6.07, 6.45) is 1.35. The van der Waals surface area contributed by atoms with E-state index >= 15 is 0 Å². The van der Waals surface area contributed by atoms with Gasteiger partial charge in [-0.3, -0.25) is 20.0 Å². The summed E-state index contributed by atoms with van der Waals surface area (Å²) in [5, 5.41) is 2.26. The summed E-state index contributed by atoms with van der Waals surface area (Å²) in [5.41, 5.74) is 12.8. The minimum atomic E-state index is -0.565. The number of para-hydroxylation sites is 1. The standard InChI is InChI=1S/C18H17N5O2.C6H4/c1-12(24)22-23(10-13-6-3-2-4-7-13)18-15-9-5-8-14(17(19)25)16(15)20-11-21-18;1-2-5-4-6(5)3-1/h2-9,11H,10H2,1H3,(H2,19,25)(H,22,24);1-4H. The number of aromatic nitrogens is 2. The lowest BCUT2D eigenvalue weighted by molar-refractivity contribution is -0.119. The van der Waals surface area contributed by atoms with Crippen LogP contribution in [0.3, 0.4) is 0 Å². The van der Waals surface area contributed by atoms with Crippen LogP contribution in [0.25, 0.3) is 22.0 Å². The highest BCUT2D eigenvalue weighted by Crippen LogP contribution is 2.32. The van der Waals surface area contributed by atoms with Crippen molar-refractivity contribution >= 4 is 28.5 Å². The molecule has 31 heavy (non-hydrogen) atoms. The van der Waals surface area contributed by atoms with Crippen molar-refractivity contribution in [1.82, 2.24) is 15.4 Å². The third-order valence-electron chi connectivity index (χ3n) is 4.75. The van der Waals surface area contributed by atoms with Gasteiger partial charge in [-0.05, 0) is 34.9 Å². The van der Waals surface area contributed by atoms with Crippen LogP contribution in [0.1, 0.15) is 22.8 Å². The lowest BCUT2D eigenvalue weighted by Gasteiger charge is -2.25. The van der Waals surface area contributed by atoms with Gasteiger partial charge in [0.15, 0.2) is 5.82 Å². The van der Waals surface area contributed by atoms with E-state index in [1.165, 1.54) is 24.4 Å². The predicted molar refractivity (Wildman–Crippen MR) is 120 cm³/mol. The highest BCUT2D eigenvalue weighted by Gasteiger charge is 2.17. The second-order valence-electron chi connectivity index (χ2n) is 7.08. The van der Waals surface area contributed by atoms with E-state index in [2.05, 4.69) is 39.7 Å². The summed E-state index contributed by atoms with van der Waals surface area (Å²) >= 11 is 0. The van der Waals surface area contributed by atoms with Crippen LogP contribution in [0.4, 0.5) is 5.82 Å². The second kappa shape index (κ2) is 8.62. The van der Waals surface area contributed by atoms with Crippen LogP contribution in [0, 0.1) is 0 Å². The maximum atomic E-state index is 11.7. The summed E-state index contributed by atoms with van der Waals surface area (Å²) in [7, 11) is 0. The highest BCUT2D eigenvalue weighted by molar-refractivity contribution is 6.07. The number of hydrazine groups is 1. The van der Waals surface area contributed by atoms with Crippen LogP contribution < -0.4 is 16.2 Å². The van der Waals surface area contributed by atoms with Gasteiger partial charge in [-0.15, -0.1) is 0 Å². The Hall–Kier alpha value is -4.26. The molecule has 2 aromatic carbocycles. The molecule has 0 bridgehead atoms. The quantitative estimate of drug-likeness (QED) is 0.431. The fourth-order valence-electron chi connectivity index (χ4n) is 3.29. The number of hydrogen-bond acceptors (Lipinski definition) is 5. The van der Waals surface area contributed by atoms with Crippen molar-refractivity contribution in [1.29, 1.82) is 0 Å². The van der Waals surface area contributed by atoms with E-state index in [0.29, 0.717) is 28.8 Å². The van der Waals surface area contributed by atoms with Crippen molar-refractivity contribution in [2.45, 2.75) is 13.5 Å². The zero-order valence-corrected chi connectivity index (χ0v) is 16.9. The molecule has 0 spiro atoms. The van der Waals surface area contributed by atoms with E-state index in [-0.39, 0.29) is 5.91 Å². The smallest absolute Gasteiger partial charge is 0.250 e. The summed E-state index contributed by atoms with van der Waals surface area (Å²) in [5.74, 6) is -0.301. The minimum absolute atomic E-state index is 0.228. The van der Waals surface area contributed by atoms with Crippen molar-refractivity contribution in [3.05, 3.63) is 90.3 Å². The lowest BCUT2D eigenvalue weighted by atomic mass is 10.1. The number of primary amides is 1. The summed E-state index contributed by atoms with van der Waals surface area (Å²) in [6.45, 7) is 1.84. The molecule has 1 aromatic heterocycles. The first-order valence-electron chi connectivity index (χ1n) is 9.75. The largest absolute Gasteiger partial charge is 0.366 e. The van der Waals surface area contributed by atoms with Gasteiger partial charge in [-0.1, -0.05) is 54.6 Å². The first-order valence-corrected chi connectivity index (χ1v) is 9.75. The molecular weight excluding hydrogens is 390 g/mol. The van der Waals surface area contributed by atoms with E-state index in [1.54, 1.807) is 23.2 Å². The number of carbonyl (C=O) groups excluding carboxylic acids is 2. The zero-order chi connectivity index (χ0) is 21.8. The Morgan fingerprint density at radius 2 is 1.65 bits per heavy atom. The predicted octanol–water partition coefficient (Wildman–Crippen LogP) is 3.45. The number of nitrogens with one attached hydrogen (secondary N) is 1. The minimum Gasteiger partial charge on any atom is -0.366 e. The molecule has 5 rings (SSSR count). The topological polar surface area (TPSA) is 101 Å². The third kappa shape index (κ3) is 4.67. The first kappa shape index (κ1) is 20.0. The van der Waals surface area contributed by atoms with Crippen molar-refractivity contribution in [2.24, 2.45) is 5.73 Å². The number of rotatable bonds is 5. The molecule has 154 valence electrons. The monoisotopic (exact) mass is 411 g/mol. The van der Waals surface area contributed by atoms with Crippen molar-refractivity contribution in [2.75, 3.05) is 5.01 Å². The van der Waals surface area contributed by atoms with Gasteiger partial charge in [0.1, 0.15) is 6.33 Å². The van der Waals surface area contributed by atoms with Crippen molar-refractivity contribution in [3.63, 3.8) is 0 Å². The number of fused-ring (bicyclic) bond motifs is 2. The average molecular weight is 411 g/mol. The normalized spacial score (nSPS) is 10.6. The fraction of sp³-hybridized carbons (Fsp3) is 0.0833. The summed E-state index contributed by atoms with van der Waals surface area (Å²) in [6, 6.07) is 23.3. The van der Waals surface area contributed by atoms with Crippen LogP contribution in [0.5, 0.6) is 0 Å². The molecule has 7 heteroatoms. The Kier molecular flexibility index (Phi) is 5.57. The molecule has 0 fully saturated rings. The number of hydrogen-bond donors (Lipinski definition) is 2. The molecule has 1 heterocycles. The number of benzene rings is 3. The first-order chi connectivity index (χ1) is 15.0. The molecule has 0 atom stereocenters. The van der Waals surface area contributed by atoms with E-state index in [1.807, 2.05) is 30.3 Å². The van der Waals surface area contributed by atoms with Gasteiger partial charge in [0, 0.05) is 12.3 Å². The molecule has 0 saturated heterocycles. The Balaban J connectivity index is 0.000000325. The Labute approximate surface area is 179 Å². The van der Waals surface area contributed by atoms with Crippen molar-refractivity contribution in [3.8, 4) is 11.1 Å². The molecule has 3 N–H and O–H groups in total. The van der Waals surface area contributed by atoms with Crippen LogP contribution in [-0.2, 0) is 11.3 Å². The number of carbonyl (C=O) groups is 2. The lowest BCUT2D eigenvalue weighted by Crippen LogP contribution is -2.41. The van der Waals surface area contributed by atoms with Crippen LogP contribution in [-0.4, -0.2) is 21.8 Å². The SMILES string of the molecule is CC(=O)NN(Cc1ccccc1)c1ncnc2c(C(N)=O)cccc12.c1cc2cc-2c1. The number of amides is 2. The van der Waals surface area contributed by atoms with Gasteiger partial charge < -0.3 is 5.73 Å². The third-order valence-corrected chi connectivity index (χ3v) is 4.75. The van der Waals surface area contributed by atoms with Crippen LogP contribution in [0.15, 0.2) is 79.1 Å². The van der Waals surface area contributed by atoms with E-state index in [9.17, 15) is 9.59 Å². The Morgan fingerprint density at radius 3 is 2.23 bits per heavy atom. The van der Waals surface area contributed by atoms with Crippen LogP contribution in [0.2, 0.25) is 0 Å². The van der Waals surface area contributed by atoms with E-state index in [0.717, 1.165) is 5.56 Å². The molecule has 2 aliphatic rings. The molecular formula is C24H21N5O2. The second-order valence-corrected chi connectivity index (χ2v) is 7.08. The van der Waals surface area contributed by atoms with Gasteiger partial charge in [-0.25, -0.2) is 9.97 Å². The molecule has 0 saturated carbocycles. The van der Waals surface area contributed by atoms with Gasteiger partial charge in [-0.2, -0.15) is 0 Å². The van der Waals surface area contributed by atoms with Crippen molar-refractivity contribution < 1.29 is 9.59 Å².